The molecule has 0 unspecified atom stereocenters. The lowest BCUT2D eigenvalue weighted by atomic mass is 10.0. The van der Waals surface area contributed by atoms with Crippen LogP contribution in [0.3, 0.4) is 0 Å². The molecule has 1 heterocycles. The van der Waals surface area contributed by atoms with Gasteiger partial charge >= 0.3 is 11.7 Å². The van der Waals surface area contributed by atoms with Gasteiger partial charge in [-0.1, -0.05) is 12.1 Å². The van der Waals surface area contributed by atoms with E-state index >= 15 is 0 Å². The van der Waals surface area contributed by atoms with Crippen molar-refractivity contribution in [2.24, 2.45) is 0 Å². The van der Waals surface area contributed by atoms with Crippen molar-refractivity contribution in [3.63, 3.8) is 0 Å². The van der Waals surface area contributed by atoms with E-state index in [0.717, 1.165) is 0 Å². The molecule has 23 heavy (non-hydrogen) atoms. The fourth-order valence-corrected chi connectivity index (χ4v) is 2.39. The zero-order valence-corrected chi connectivity index (χ0v) is 13.8. The molecule has 1 saturated heterocycles. The third-order valence-electron chi connectivity index (χ3n) is 3.41. The first-order chi connectivity index (χ1) is 10.6. The number of ether oxygens (including phenoxy) is 3. The molecular weight excluding hydrogens is 302 g/mol. The maximum Gasteiger partial charge on any atom is 0.320 e. The van der Waals surface area contributed by atoms with E-state index in [4.69, 9.17) is 14.2 Å². The van der Waals surface area contributed by atoms with Gasteiger partial charge in [-0.3, -0.25) is 4.79 Å². The summed E-state index contributed by atoms with van der Waals surface area (Å²) >= 11 is 0. The van der Waals surface area contributed by atoms with Gasteiger partial charge in [0.25, 0.3) is 4.92 Å². The van der Waals surface area contributed by atoms with E-state index in [1.54, 1.807) is 39.8 Å². The molecular formula is C16H22NO6+. The van der Waals surface area contributed by atoms with Gasteiger partial charge in [0, 0.05) is 17.2 Å². The van der Waals surface area contributed by atoms with Gasteiger partial charge < -0.3 is 14.2 Å². The van der Waals surface area contributed by atoms with Crippen LogP contribution in [0, 0.1) is 4.91 Å². The first-order valence-electron chi connectivity index (χ1n) is 7.40. The van der Waals surface area contributed by atoms with Crippen molar-refractivity contribution in [2.75, 3.05) is 13.2 Å². The summed E-state index contributed by atoms with van der Waals surface area (Å²) in [6, 6.07) is 4.75. The van der Waals surface area contributed by atoms with Crippen LogP contribution in [0.25, 0.3) is 0 Å². The average molecular weight is 324 g/mol. The number of carbonyl (C=O) groups excluding carboxylic acids is 1. The second kappa shape index (κ2) is 6.25. The van der Waals surface area contributed by atoms with Gasteiger partial charge in [0.05, 0.1) is 24.5 Å². The summed E-state index contributed by atoms with van der Waals surface area (Å²) in [5.41, 5.74) is 0.302. The molecule has 0 saturated carbocycles. The zero-order chi connectivity index (χ0) is 17.3. The van der Waals surface area contributed by atoms with Gasteiger partial charge in [-0.25, -0.2) is 5.21 Å². The van der Waals surface area contributed by atoms with E-state index in [0.29, 0.717) is 24.3 Å². The van der Waals surface area contributed by atoms with E-state index in [-0.39, 0.29) is 17.0 Å². The SMILES string of the molecule is CC(C)(C)OC(=O)Cc1ccc(C2(C)OCCO2)cc1[N+](=O)O. The van der Waals surface area contributed by atoms with Crippen molar-refractivity contribution in [3.05, 3.63) is 34.2 Å². The Balaban J connectivity index is 2.27. The number of benzene rings is 1. The van der Waals surface area contributed by atoms with Crippen molar-refractivity contribution < 1.29 is 29.1 Å². The Bertz CT molecular complexity index is 613. The molecule has 0 spiro atoms. The van der Waals surface area contributed by atoms with Gasteiger partial charge in [0.1, 0.15) is 5.60 Å². The smallest absolute Gasteiger partial charge is 0.320 e. The van der Waals surface area contributed by atoms with Crippen LogP contribution < -0.4 is 0 Å². The predicted octanol–water partition coefficient (Wildman–Crippen LogP) is 2.59. The number of esters is 1. The second-order valence-corrected chi connectivity index (χ2v) is 6.52. The molecule has 1 aliphatic heterocycles. The summed E-state index contributed by atoms with van der Waals surface area (Å²) < 4.78 is 16.3. The Morgan fingerprint density at radius 1 is 1.35 bits per heavy atom. The van der Waals surface area contributed by atoms with Gasteiger partial charge in [0.15, 0.2) is 5.79 Å². The summed E-state index contributed by atoms with van der Waals surface area (Å²) in [7, 11) is 0. The lowest BCUT2D eigenvalue weighted by molar-refractivity contribution is -0.730. The molecule has 0 aromatic heterocycles. The van der Waals surface area contributed by atoms with Crippen LogP contribution in [-0.4, -0.2) is 34.9 Å². The Hall–Kier alpha value is -1.99. The van der Waals surface area contributed by atoms with Crippen molar-refractivity contribution in [1.82, 2.24) is 0 Å². The van der Waals surface area contributed by atoms with Crippen LogP contribution >= 0.6 is 0 Å². The molecule has 7 nitrogen and oxygen atoms in total. The minimum Gasteiger partial charge on any atom is -0.460 e. The lowest BCUT2D eigenvalue weighted by Crippen LogP contribution is -2.25. The summed E-state index contributed by atoms with van der Waals surface area (Å²) in [6.07, 6.45) is -0.120. The fourth-order valence-electron chi connectivity index (χ4n) is 2.39. The topological polar surface area (TPSA) is 85.1 Å². The van der Waals surface area contributed by atoms with Crippen molar-refractivity contribution in [3.8, 4) is 0 Å². The number of carbonyl (C=O) groups is 1. The van der Waals surface area contributed by atoms with Crippen LogP contribution in [0.5, 0.6) is 0 Å². The fraction of sp³-hybridized carbons (Fsp3) is 0.562. The highest BCUT2D eigenvalue weighted by molar-refractivity contribution is 5.74. The molecule has 1 aromatic rings. The van der Waals surface area contributed by atoms with Crippen LogP contribution in [-0.2, 0) is 31.2 Å². The highest BCUT2D eigenvalue weighted by atomic mass is 16.7. The third kappa shape index (κ3) is 4.27. The minimum atomic E-state index is -0.963. The van der Waals surface area contributed by atoms with Crippen LogP contribution in [0.15, 0.2) is 18.2 Å². The highest BCUT2D eigenvalue weighted by Gasteiger charge is 2.36. The first kappa shape index (κ1) is 17.4. The van der Waals surface area contributed by atoms with Gasteiger partial charge in [0.2, 0.25) is 0 Å². The first-order valence-corrected chi connectivity index (χ1v) is 7.40. The summed E-state index contributed by atoms with van der Waals surface area (Å²) in [5, 5.41) is 9.35. The maximum atomic E-state index is 11.9. The molecule has 7 heteroatoms. The summed E-state index contributed by atoms with van der Waals surface area (Å²) in [5.74, 6) is -1.44. The highest BCUT2D eigenvalue weighted by Crippen LogP contribution is 2.34. The van der Waals surface area contributed by atoms with Crippen molar-refractivity contribution in [2.45, 2.75) is 45.5 Å². The molecule has 0 aliphatic carbocycles. The second-order valence-electron chi connectivity index (χ2n) is 6.52. The van der Waals surface area contributed by atoms with E-state index < -0.39 is 17.4 Å². The standard InChI is InChI=1S/C16H22NO6/c1-15(2,3)23-14(18)9-11-5-6-12(10-13(11)17(19)20)16(4)21-7-8-22-16/h5-6,10H,7-9H2,1-4H3,(H,19,20)/q+1. The van der Waals surface area contributed by atoms with E-state index in [9.17, 15) is 14.9 Å². The Kier molecular flexibility index (Phi) is 4.72. The largest absolute Gasteiger partial charge is 0.460 e. The Morgan fingerprint density at radius 2 is 1.96 bits per heavy atom. The molecule has 1 aromatic carbocycles. The predicted molar refractivity (Wildman–Crippen MR) is 80.3 cm³/mol. The lowest BCUT2D eigenvalue weighted by Gasteiger charge is -2.22. The van der Waals surface area contributed by atoms with E-state index in [2.05, 4.69) is 0 Å². The number of hydrogen-bond donors (Lipinski definition) is 1. The molecule has 1 fully saturated rings. The Labute approximate surface area is 134 Å². The minimum absolute atomic E-state index is 0.0336. The van der Waals surface area contributed by atoms with Gasteiger partial charge in [-0.05, 0) is 27.7 Å². The maximum absolute atomic E-state index is 11.9. The molecule has 0 radical (unpaired) electrons. The number of nitrogens with zero attached hydrogens (tertiary/aromatic N) is 1. The molecule has 0 bridgehead atoms. The molecule has 126 valence electrons. The van der Waals surface area contributed by atoms with Gasteiger partial charge in [-0.2, -0.15) is 0 Å². The summed E-state index contributed by atoms with van der Waals surface area (Å²) in [6.45, 7) is 7.92. The molecule has 0 atom stereocenters. The molecule has 1 N–H and O–H groups in total. The molecule has 0 amide bonds. The molecule has 1 aliphatic rings. The normalized spacial score (nSPS) is 17.0. The Morgan fingerprint density at radius 3 is 2.48 bits per heavy atom. The monoisotopic (exact) mass is 324 g/mol. The van der Waals surface area contributed by atoms with Crippen molar-refractivity contribution >= 4 is 11.7 Å². The average Bonchev–Trinajstić information content (AvgIpc) is 2.84. The molecule has 2 rings (SSSR count). The van der Waals surface area contributed by atoms with Crippen LogP contribution in [0.4, 0.5) is 5.69 Å². The number of hydrogen-bond acceptors (Lipinski definition) is 5. The van der Waals surface area contributed by atoms with Crippen LogP contribution in [0.1, 0.15) is 38.8 Å². The van der Waals surface area contributed by atoms with Crippen LogP contribution in [0.2, 0.25) is 0 Å². The zero-order valence-electron chi connectivity index (χ0n) is 13.8. The van der Waals surface area contributed by atoms with Crippen molar-refractivity contribution in [1.29, 1.82) is 0 Å². The summed E-state index contributed by atoms with van der Waals surface area (Å²) in [4.78, 5) is 23.1. The number of rotatable bonds is 4. The van der Waals surface area contributed by atoms with E-state index in [1.807, 2.05) is 0 Å². The van der Waals surface area contributed by atoms with E-state index in [1.165, 1.54) is 6.07 Å². The quantitative estimate of drug-likeness (QED) is 0.677. The third-order valence-corrected chi connectivity index (χ3v) is 3.41. The van der Waals surface area contributed by atoms with Gasteiger partial charge in [-0.15, -0.1) is 0 Å².